The largest absolute Gasteiger partial charge is 0.294 e. The van der Waals surface area contributed by atoms with Crippen LogP contribution in [0.5, 0.6) is 0 Å². The molecule has 0 radical (unpaired) electrons. The summed E-state index contributed by atoms with van der Waals surface area (Å²) in [5, 5.41) is 4.74. The van der Waals surface area contributed by atoms with Crippen LogP contribution in [0.15, 0.2) is 195 Å². The number of nitrogens with zero attached hydrogens (tertiary/aromatic N) is 6. The van der Waals surface area contributed by atoms with E-state index in [9.17, 15) is 9.59 Å². The van der Waals surface area contributed by atoms with Crippen molar-refractivity contribution >= 4 is 33.2 Å². The molecule has 10 aromatic rings. The van der Waals surface area contributed by atoms with Gasteiger partial charge in [-0.05, 0) is 111 Å². The van der Waals surface area contributed by atoms with Gasteiger partial charge in [-0.15, -0.1) is 0 Å². The molecule has 0 spiro atoms. The number of hydrogen-bond acceptors (Lipinski definition) is 7. The van der Waals surface area contributed by atoms with Gasteiger partial charge in [0.15, 0.2) is 5.78 Å². The Hall–Kier alpha value is -8.23. The van der Waals surface area contributed by atoms with Gasteiger partial charge in [-0.1, -0.05) is 103 Å². The molecule has 0 saturated heterocycles. The molecule has 10 rings (SSSR count). The lowest BCUT2D eigenvalue weighted by Crippen LogP contribution is -2.13. The summed E-state index contributed by atoms with van der Waals surface area (Å²) in [6.07, 6.45) is 17.3. The first-order valence-corrected chi connectivity index (χ1v) is 21.2. The van der Waals surface area contributed by atoms with Gasteiger partial charge in [0.05, 0.1) is 17.0 Å². The molecule has 0 aliphatic carbocycles. The zero-order chi connectivity index (χ0) is 43.8. The summed E-state index contributed by atoms with van der Waals surface area (Å²) in [6.45, 7) is 4.22. The zero-order valence-corrected chi connectivity index (χ0v) is 35.6. The zero-order valence-electron chi connectivity index (χ0n) is 35.6. The van der Waals surface area contributed by atoms with Crippen molar-refractivity contribution in [1.29, 1.82) is 0 Å². The second-order valence-electron chi connectivity index (χ2n) is 15.8. The van der Waals surface area contributed by atoms with Gasteiger partial charge in [-0.3, -0.25) is 34.1 Å². The number of pyridine rings is 4. The highest BCUT2D eigenvalue weighted by Crippen LogP contribution is 2.32. The van der Waals surface area contributed by atoms with Crippen LogP contribution in [0, 0.1) is 13.8 Å². The Balaban J connectivity index is 0.000000162. The van der Waals surface area contributed by atoms with Crippen molar-refractivity contribution in [2.75, 3.05) is 0 Å². The van der Waals surface area contributed by atoms with Gasteiger partial charge in [0, 0.05) is 85.2 Å². The maximum atomic E-state index is 13.0. The Morgan fingerprint density at radius 2 is 1.00 bits per heavy atom. The highest BCUT2D eigenvalue weighted by atomic mass is 16.2. The fraction of sp³-hybridized carbons (Fsp3) is 0.0893. The van der Waals surface area contributed by atoms with Gasteiger partial charge in [0.1, 0.15) is 6.33 Å². The molecule has 8 heteroatoms. The Bertz CT molecular complexity index is 3240. The highest BCUT2D eigenvalue weighted by molar-refractivity contribution is 6.00. The first kappa shape index (κ1) is 41.1. The smallest absolute Gasteiger partial charge is 0.264 e. The van der Waals surface area contributed by atoms with Gasteiger partial charge < -0.3 is 0 Å². The molecule has 8 nitrogen and oxygen atoms in total. The molecule has 0 bridgehead atoms. The third-order valence-corrected chi connectivity index (χ3v) is 11.6. The van der Waals surface area contributed by atoms with Crippen LogP contribution in [0.25, 0.3) is 43.8 Å². The van der Waals surface area contributed by atoms with E-state index < -0.39 is 0 Å². The summed E-state index contributed by atoms with van der Waals surface area (Å²) in [7, 11) is 0. The minimum atomic E-state index is -0.128. The van der Waals surface area contributed by atoms with Gasteiger partial charge in [-0.2, -0.15) is 0 Å². The van der Waals surface area contributed by atoms with Crippen molar-refractivity contribution in [2.45, 2.75) is 33.1 Å². The molecule has 0 aliphatic heterocycles. The first-order chi connectivity index (χ1) is 31.4. The van der Waals surface area contributed by atoms with Crippen LogP contribution in [0.4, 0.5) is 0 Å². The lowest BCUT2D eigenvalue weighted by atomic mass is 9.94. The molecule has 0 N–H and O–H groups in total. The molecule has 0 saturated carbocycles. The van der Waals surface area contributed by atoms with Crippen LogP contribution in [0.3, 0.4) is 0 Å². The van der Waals surface area contributed by atoms with Crippen LogP contribution in [-0.4, -0.2) is 41.2 Å². The first-order valence-electron chi connectivity index (χ1n) is 21.2. The minimum absolute atomic E-state index is 0.0978. The monoisotopic (exact) mass is 832 g/mol. The van der Waals surface area contributed by atoms with E-state index in [0.29, 0.717) is 30.4 Å². The molecule has 0 amide bonds. The molecular formula is C56H44N6O2. The van der Waals surface area contributed by atoms with E-state index in [1.54, 1.807) is 30.9 Å². The van der Waals surface area contributed by atoms with Crippen molar-refractivity contribution in [3.63, 3.8) is 0 Å². The number of rotatable bonds is 10. The quantitative estimate of drug-likeness (QED) is 0.126. The molecule has 5 aromatic heterocycles. The van der Waals surface area contributed by atoms with Crippen LogP contribution < -0.4 is 0 Å². The van der Waals surface area contributed by atoms with Crippen LogP contribution in [0.2, 0.25) is 0 Å². The van der Waals surface area contributed by atoms with Crippen LogP contribution in [0.1, 0.15) is 59.9 Å². The predicted molar refractivity (Wildman–Crippen MR) is 254 cm³/mol. The van der Waals surface area contributed by atoms with Gasteiger partial charge in [0.2, 0.25) is 0 Å². The van der Waals surface area contributed by atoms with Crippen LogP contribution in [-0.2, 0) is 19.3 Å². The Kier molecular flexibility index (Phi) is 12.1. The van der Waals surface area contributed by atoms with Crippen LogP contribution >= 0.6 is 0 Å². The Morgan fingerprint density at radius 3 is 1.53 bits per heavy atom. The normalized spacial score (nSPS) is 11.0. The van der Waals surface area contributed by atoms with Crippen molar-refractivity contribution in [2.24, 2.45) is 0 Å². The fourth-order valence-electron chi connectivity index (χ4n) is 8.16. The summed E-state index contributed by atoms with van der Waals surface area (Å²) in [5.74, 6) is -0.0300. The summed E-state index contributed by atoms with van der Waals surface area (Å²) in [6, 6.07) is 46.9. The maximum absolute atomic E-state index is 13.0. The minimum Gasteiger partial charge on any atom is -0.294 e. The van der Waals surface area contributed by atoms with E-state index in [1.807, 2.05) is 73.3 Å². The van der Waals surface area contributed by atoms with Gasteiger partial charge in [0.25, 0.3) is 5.91 Å². The van der Waals surface area contributed by atoms with Crippen molar-refractivity contribution < 1.29 is 9.59 Å². The number of carbonyl (C=O) groups is 2. The highest BCUT2D eigenvalue weighted by Gasteiger charge is 2.16. The third kappa shape index (κ3) is 9.03. The molecule has 0 atom stereocenters. The Morgan fingerprint density at radius 1 is 0.469 bits per heavy atom. The van der Waals surface area contributed by atoms with Gasteiger partial charge in [-0.25, -0.2) is 4.98 Å². The lowest BCUT2D eigenvalue weighted by molar-refractivity contribution is 0.0956. The topological polar surface area (TPSA) is 104 Å². The molecule has 5 heterocycles. The van der Waals surface area contributed by atoms with Crippen molar-refractivity contribution in [3.05, 3.63) is 246 Å². The average molecular weight is 833 g/mol. The molecule has 0 fully saturated rings. The number of imidazole rings is 1. The molecule has 0 unspecified atom stereocenters. The van der Waals surface area contributed by atoms with E-state index in [0.717, 1.165) is 39.2 Å². The second-order valence-corrected chi connectivity index (χ2v) is 15.8. The predicted octanol–water partition coefficient (Wildman–Crippen LogP) is 11.7. The molecule has 64 heavy (non-hydrogen) atoms. The average Bonchev–Trinajstić information content (AvgIpc) is 3.89. The molecule has 5 aromatic carbocycles. The molecule has 0 aliphatic rings. The number of benzene rings is 5. The van der Waals surface area contributed by atoms with E-state index in [2.05, 4.69) is 124 Å². The van der Waals surface area contributed by atoms with E-state index in [4.69, 9.17) is 0 Å². The van der Waals surface area contributed by atoms with E-state index >= 15 is 0 Å². The standard InChI is InChI=1S/C30H24N2O.C26H20N4O/c1-21-9-14-25(26-15-17-31-20-28(21)26)24-12-10-23(11-13-24)18-29-27(8-5-16-32-29)30(33)19-22-6-3-2-4-7-22;1-18-4-9-21(22-10-12-27-16-24(18)22)20-7-5-19(6-8-20)15-25-23(3-2-11-29-25)26(31)30-14-13-28-17-30/h2-17,20H,18-19H2,1H3;2-14,16-17H,15H2,1H3. The second kappa shape index (κ2) is 18.8. The van der Waals surface area contributed by atoms with Crippen molar-refractivity contribution in [3.8, 4) is 22.3 Å². The summed E-state index contributed by atoms with van der Waals surface area (Å²) in [5.41, 5.74) is 13.2. The summed E-state index contributed by atoms with van der Waals surface area (Å²) in [4.78, 5) is 47.3. The molecule has 310 valence electrons. The molecular weight excluding hydrogens is 789 g/mol. The fourth-order valence-corrected chi connectivity index (χ4v) is 8.16. The number of aryl methyl sites for hydroxylation is 2. The number of fused-ring (bicyclic) bond motifs is 2. The summed E-state index contributed by atoms with van der Waals surface area (Å²) >= 11 is 0. The SMILES string of the molecule is Cc1ccc(-c2ccc(Cc3ncccc3C(=O)Cc3ccccc3)cc2)c2ccncc12.Cc1ccc(-c2ccc(Cc3ncccc3C(=O)n3ccnc3)cc2)c2ccncc12. The number of aromatic nitrogens is 6. The third-order valence-electron chi connectivity index (χ3n) is 11.6. The van der Waals surface area contributed by atoms with E-state index in [1.165, 1.54) is 54.7 Å². The number of carbonyl (C=O) groups excluding carboxylic acids is 2. The number of ketones is 1. The number of Topliss-reactive ketones (excluding diaryl/α,β-unsaturated/α-hetero) is 1. The summed E-state index contributed by atoms with van der Waals surface area (Å²) < 4.78 is 1.47. The van der Waals surface area contributed by atoms with Gasteiger partial charge >= 0.3 is 0 Å². The van der Waals surface area contributed by atoms with Crippen molar-refractivity contribution in [1.82, 2.24) is 29.5 Å². The lowest BCUT2D eigenvalue weighted by Gasteiger charge is -2.11. The van der Waals surface area contributed by atoms with E-state index in [-0.39, 0.29) is 11.7 Å². The number of hydrogen-bond donors (Lipinski definition) is 0. The maximum Gasteiger partial charge on any atom is 0.264 e. The Labute approximate surface area is 372 Å².